The summed E-state index contributed by atoms with van der Waals surface area (Å²) in [6.45, 7) is 9.24. The zero-order chi connectivity index (χ0) is 16.1. The van der Waals surface area contributed by atoms with E-state index < -0.39 is 0 Å². The number of amides is 2. The summed E-state index contributed by atoms with van der Waals surface area (Å²) >= 11 is 1.50. The van der Waals surface area contributed by atoms with E-state index in [9.17, 15) is 4.79 Å². The Morgan fingerprint density at radius 1 is 1.45 bits per heavy atom. The maximum Gasteiger partial charge on any atom is 0.320 e. The lowest BCUT2D eigenvalue weighted by Crippen LogP contribution is -2.28. The predicted molar refractivity (Wildman–Crippen MR) is 86.9 cm³/mol. The van der Waals surface area contributed by atoms with Crippen LogP contribution in [0.25, 0.3) is 0 Å². The maximum atomic E-state index is 12.0. The number of hydrogen-bond acceptors (Lipinski definition) is 5. The predicted octanol–water partition coefficient (Wildman–Crippen LogP) is 2.58. The molecule has 2 rings (SSSR count). The van der Waals surface area contributed by atoms with Crippen molar-refractivity contribution < 1.29 is 4.79 Å². The smallest absolute Gasteiger partial charge is 0.320 e. The molecule has 0 aliphatic carbocycles. The summed E-state index contributed by atoms with van der Waals surface area (Å²) in [5.74, 6) is 0.495. The fraction of sp³-hybridized carbons (Fsp3) is 0.571. The van der Waals surface area contributed by atoms with Crippen LogP contribution in [0.5, 0.6) is 0 Å². The third kappa shape index (κ3) is 4.52. The standard InChI is InChI=1S/C14H22N6OS/c1-5-20-16-8-11(19-20)7-15-14(21)18-13-12(6-9(2)3)17-10(4)22-13/h8-9H,5-7H2,1-4H3,(H2,15,18,21). The van der Waals surface area contributed by atoms with Crippen molar-refractivity contribution >= 4 is 22.4 Å². The second-order valence-electron chi connectivity index (χ2n) is 5.44. The average Bonchev–Trinajstić information content (AvgIpc) is 3.03. The molecule has 0 aliphatic heterocycles. The van der Waals surface area contributed by atoms with Crippen molar-refractivity contribution in [1.82, 2.24) is 25.3 Å². The van der Waals surface area contributed by atoms with E-state index in [-0.39, 0.29) is 6.03 Å². The van der Waals surface area contributed by atoms with E-state index in [2.05, 4.69) is 39.7 Å². The van der Waals surface area contributed by atoms with Crippen LogP contribution in [0.2, 0.25) is 0 Å². The molecule has 0 spiro atoms. The van der Waals surface area contributed by atoms with E-state index >= 15 is 0 Å². The highest BCUT2D eigenvalue weighted by molar-refractivity contribution is 7.16. The molecule has 22 heavy (non-hydrogen) atoms. The topological polar surface area (TPSA) is 84.7 Å². The first-order valence-corrected chi connectivity index (χ1v) is 8.19. The Hall–Kier alpha value is -1.96. The van der Waals surface area contributed by atoms with Crippen LogP contribution in [-0.4, -0.2) is 26.0 Å². The zero-order valence-electron chi connectivity index (χ0n) is 13.4. The number of hydrogen-bond donors (Lipinski definition) is 2. The van der Waals surface area contributed by atoms with Crippen molar-refractivity contribution in [2.45, 2.75) is 47.2 Å². The number of thiazole rings is 1. The summed E-state index contributed by atoms with van der Waals surface area (Å²) in [6, 6.07) is -0.250. The summed E-state index contributed by atoms with van der Waals surface area (Å²) in [5, 5.41) is 15.7. The molecule has 0 saturated carbocycles. The SMILES string of the molecule is CCn1ncc(CNC(=O)Nc2sc(C)nc2CC(C)C)n1. The molecular weight excluding hydrogens is 300 g/mol. The fourth-order valence-corrected chi connectivity index (χ4v) is 2.82. The van der Waals surface area contributed by atoms with Gasteiger partial charge in [-0.15, -0.1) is 11.3 Å². The number of rotatable bonds is 6. The largest absolute Gasteiger partial charge is 0.332 e. The second kappa shape index (κ2) is 7.35. The first-order valence-electron chi connectivity index (χ1n) is 7.38. The van der Waals surface area contributed by atoms with E-state index in [0.29, 0.717) is 19.0 Å². The molecule has 0 aliphatic rings. The third-order valence-corrected chi connectivity index (χ3v) is 3.86. The highest BCUT2D eigenvalue weighted by Crippen LogP contribution is 2.26. The number of carbonyl (C=O) groups excluding carboxylic acids is 1. The Kier molecular flexibility index (Phi) is 5.48. The quantitative estimate of drug-likeness (QED) is 0.856. The summed E-state index contributed by atoms with van der Waals surface area (Å²) in [4.78, 5) is 18.1. The number of nitrogens with zero attached hydrogens (tertiary/aromatic N) is 4. The number of aromatic nitrogens is 4. The van der Waals surface area contributed by atoms with Gasteiger partial charge in [0.15, 0.2) is 0 Å². The minimum Gasteiger partial charge on any atom is -0.332 e. The van der Waals surface area contributed by atoms with Gasteiger partial charge in [-0.25, -0.2) is 9.78 Å². The molecule has 8 heteroatoms. The zero-order valence-corrected chi connectivity index (χ0v) is 14.2. The number of nitrogens with one attached hydrogen (secondary N) is 2. The van der Waals surface area contributed by atoms with E-state index in [1.54, 1.807) is 11.0 Å². The van der Waals surface area contributed by atoms with Crippen LogP contribution in [-0.2, 0) is 19.5 Å². The second-order valence-corrected chi connectivity index (χ2v) is 6.64. The molecule has 2 amide bonds. The molecule has 0 radical (unpaired) electrons. The number of urea groups is 1. The monoisotopic (exact) mass is 322 g/mol. The van der Waals surface area contributed by atoms with E-state index in [4.69, 9.17) is 0 Å². The molecule has 0 unspecified atom stereocenters. The summed E-state index contributed by atoms with van der Waals surface area (Å²) in [5.41, 5.74) is 1.68. The Labute approximate surface area is 134 Å². The Morgan fingerprint density at radius 3 is 2.86 bits per heavy atom. The third-order valence-electron chi connectivity index (χ3n) is 2.93. The van der Waals surface area contributed by atoms with Crippen LogP contribution in [0.3, 0.4) is 0 Å². The lowest BCUT2D eigenvalue weighted by molar-refractivity contribution is 0.251. The minimum atomic E-state index is -0.250. The van der Waals surface area contributed by atoms with Crippen LogP contribution in [0.4, 0.5) is 9.80 Å². The van der Waals surface area contributed by atoms with E-state index in [0.717, 1.165) is 27.8 Å². The van der Waals surface area contributed by atoms with Crippen LogP contribution < -0.4 is 10.6 Å². The molecular formula is C14H22N6OS. The van der Waals surface area contributed by atoms with Crippen LogP contribution in [0.15, 0.2) is 6.20 Å². The summed E-state index contributed by atoms with van der Waals surface area (Å²) in [6.07, 6.45) is 2.51. The molecule has 120 valence electrons. The molecule has 0 aromatic carbocycles. The van der Waals surface area contributed by atoms with Gasteiger partial charge in [0.05, 0.1) is 30.0 Å². The van der Waals surface area contributed by atoms with Crippen molar-refractivity contribution in [2.75, 3.05) is 5.32 Å². The van der Waals surface area contributed by atoms with Crippen molar-refractivity contribution in [2.24, 2.45) is 5.92 Å². The van der Waals surface area contributed by atoms with Crippen molar-refractivity contribution in [3.8, 4) is 0 Å². The van der Waals surface area contributed by atoms with Gasteiger partial charge >= 0.3 is 6.03 Å². The van der Waals surface area contributed by atoms with Crippen molar-refractivity contribution in [3.63, 3.8) is 0 Å². The number of aryl methyl sites for hydroxylation is 2. The molecule has 2 aromatic heterocycles. The van der Waals surface area contributed by atoms with Crippen molar-refractivity contribution in [3.05, 3.63) is 22.6 Å². The Morgan fingerprint density at radius 2 is 2.23 bits per heavy atom. The molecule has 2 aromatic rings. The number of carbonyl (C=O) groups is 1. The maximum absolute atomic E-state index is 12.0. The van der Waals surface area contributed by atoms with Gasteiger partial charge in [0.1, 0.15) is 10.7 Å². The van der Waals surface area contributed by atoms with Crippen molar-refractivity contribution in [1.29, 1.82) is 0 Å². The van der Waals surface area contributed by atoms with Crippen LogP contribution in [0, 0.1) is 12.8 Å². The fourth-order valence-electron chi connectivity index (χ4n) is 1.98. The first-order chi connectivity index (χ1) is 10.5. The van der Waals surface area contributed by atoms with Gasteiger partial charge in [-0.05, 0) is 26.2 Å². The lowest BCUT2D eigenvalue weighted by Gasteiger charge is -2.07. The highest BCUT2D eigenvalue weighted by Gasteiger charge is 2.13. The first kappa shape index (κ1) is 16.4. The van der Waals surface area contributed by atoms with Gasteiger partial charge in [-0.1, -0.05) is 13.8 Å². The summed E-state index contributed by atoms with van der Waals surface area (Å²) in [7, 11) is 0. The minimum absolute atomic E-state index is 0.250. The van der Waals surface area contributed by atoms with Gasteiger partial charge in [-0.2, -0.15) is 15.0 Å². The van der Waals surface area contributed by atoms with Crippen LogP contribution >= 0.6 is 11.3 Å². The summed E-state index contributed by atoms with van der Waals surface area (Å²) < 4.78 is 0. The molecule has 0 atom stereocenters. The Balaban J connectivity index is 1.91. The Bertz CT molecular complexity index is 633. The molecule has 0 bridgehead atoms. The molecule has 2 N–H and O–H groups in total. The number of anilines is 1. The lowest BCUT2D eigenvalue weighted by atomic mass is 10.1. The van der Waals surface area contributed by atoms with E-state index in [1.807, 2.05) is 13.8 Å². The van der Waals surface area contributed by atoms with E-state index in [1.165, 1.54) is 11.3 Å². The van der Waals surface area contributed by atoms with Gasteiger partial charge in [0.25, 0.3) is 0 Å². The molecule has 0 saturated heterocycles. The van der Waals surface area contributed by atoms with Gasteiger partial charge in [0.2, 0.25) is 0 Å². The van der Waals surface area contributed by atoms with Gasteiger partial charge in [0, 0.05) is 0 Å². The van der Waals surface area contributed by atoms with Gasteiger partial charge in [-0.3, -0.25) is 5.32 Å². The van der Waals surface area contributed by atoms with Crippen LogP contribution in [0.1, 0.15) is 37.2 Å². The normalized spacial score (nSPS) is 11.0. The van der Waals surface area contributed by atoms with Gasteiger partial charge < -0.3 is 5.32 Å². The molecule has 0 fully saturated rings. The molecule has 2 heterocycles. The average molecular weight is 322 g/mol. The molecule has 7 nitrogen and oxygen atoms in total. The highest BCUT2D eigenvalue weighted by atomic mass is 32.1.